The first kappa shape index (κ1) is 23.6. The molecule has 3 N–H and O–H groups in total. The van der Waals surface area contributed by atoms with Gasteiger partial charge in [-0.1, -0.05) is 23.2 Å². The van der Waals surface area contributed by atoms with Crippen LogP contribution in [0.5, 0.6) is 5.75 Å². The molecule has 148 valence electrons. The molecule has 0 saturated carbocycles. The van der Waals surface area contributed by atoms with E-state index >= 15 is 0 Å². The summed E-state index contributed by atoms with van der Waals surface area (Å²) in [5, 5.41) is 4.24. The molecule has 0 aromatic heterocycles. The van der Waals surface area contributed by atoms with Gasteiger partial charge in [-0.05, 0) is 31.2 Å². The average Bonchev–Trinajstić information content (AvgIpc) is 2.61. The molecular formula is C17H27Cl2IN4O2. The molecule has 0 atom stereocenters. The lowest BCUT2D eigenvalue weighted by Gasteiger charge is -2.26. The second kappa shape index (κ2) is 13.7. The van der Waals surface area contributed by atoms with E-state index in [2.05, 4.69) is 15.2 Å². The lowest BCUT2D eigenvalue weighted by Crippen LogP contribution is -2.39. The monoisotopic (exact) mass is 516 g/mol. The van der Waals surface area contributed by atoms with Crippen LogP contribution in [0.4, 0.5) is 0 Å². The largest absolute Gasteiger partial charge is 0.492 e. The Balaban J connectivity index is 0.00000338. The minimum absolute atomic E-state index is 0. The zero-order chi connectivity index (χ0) is 17.9. The quantitative estimate of drug-likeness (QED) is 0.228. The van der Waals surface area contributed by atoms with Crippen LogP contribution in [0.15, 0.2) is 23.2 Å². The topological polar surface area (TPSA) is 72.1 Å². The molecule has 1 aromatic rings. The van der Waals surface area contributed by atoms with Crippen LogP contribution in [0.1, 0.15) is 12.8 Å². The highest BCUT2D eigenvalue weighted by molar-refractivity contribution is 14.0. The van der Waals surface area contributed by atoms with Crippen molar-refractivity contribution in [2.75, 3.05) is 52.5 Å². The van der Waals surface area contributed by atoms with E-state index in [-0.39, 0.29) is 24.0 Å². The van der Waals surface area contributed by atoms with Crippen LogP contribution in [-0.2, 0) is 4.74 Å². The third-order valence-corrected chi connectivity index (χ3v) is 4.33. The smallest absolute Gasteiger partial charge is 0.188 e. The molecule has 0 radical (unpaired) electrons. The maximum Gasteiger partial charge on any atom is 0.188 e. The maximum absolute atomic E-state index is 6.04. The molecule has 0 unspecified atom stereocenters. The predicted molar refractivity (Wildman–Crippen MR) is 118 cm³/mol. The summed E-state index contributed by atoms with van der Waals surface area (Å²) in [5.74, 6) is 1.11. The first-order valence-corrected chi connectivity index (χ1v) is 9.32. The Hall–Kier alpha value is -0.480. The first-order chi connectivity index (χ1) is 12.1. The van der Waals surface area contributed by atoms with Gasteiger partial charge >= 0.3 is 0 Å². The normalized spacial score (nSPS) is 15.4. The van der Waals surface area contributed by atoms with Gasteiger partial charge < -0.3 is 20.5 Å². The molecular weight excluding hydrogens is 490 g/mol. The van der Waals surface area contributed by atoms with Gasteiger partial charge in [0.25, 0.3) is 0 Å². The molecule has 9 heteroatoms. The molecule has 1 heterocycles. The maximum atomic E-state index is 6.04. The number of ether oxygens (including phenoxy) is 2. The van der Waals surface area contributed by atoms with Crippen molar-refractivity contribution in [3.8, 4) is 5.75 Å². The van der Waals surface area contributed by atoms with Crippen molar-refractivity contribution < 1.29 is 9.47 Å². The van der Waals surface area contributed by atoms with E-state index in [1.807, 2.05) is 0 Å². The van der Waals surface area contributed by atoms with E-state index in [0.29, 0.717) is 34.9 Å². The fraction of sp³-hybridized carbons (Fsp3) is 0.588. The molecule has 0 bridgehead atoms. The predicted octanol–water partition coefficient (Wildman–Crippen LogP) is 3.01. The van der Waals surface area contributed by atoms with Crippen LogP contribution < -0.4 is 15.8 Å². The molecule has 6 nitrogen and oxygen atoms in total. The number of nitrogens with one attached hydrogen (secondary N) is 1. The lowest BCUT2D eigenvalue weighted by molar-refractivity contribution is 0.0376. The number of morpholine rings is 1. The van der Waals surface area contributed by atoms with E-state index in [9.17, 15) is 0 Å². The number of nitrogens with zero attached hydrogens (tertiary/aromatic N) is 2. The van der Waals surface area contributed by atoms with E-state index < -0.39 is 0 Å². The first-order valence-electron chi connectivity index (χ1n) is 8.57. The Morgan fingerprint density at radius 1 is 1.27 bits per heavy atom. The molecule has 0 spiro atoms. The van der Waals surface area contributed by atoms with Gasteiger partial charge in [0.2, 0.25) is 0 Å². The highest BCUT2D eigenvalue weighted by atomic mass is 127. The molecule has 1 fully saturated rings. The summed E-state index contributed by atoms with van der Waals surface area (Å²) in [6, 6.07) is 5.17. The van der Waals surface area contributed by atoms with Crippen molar-refractivity contribution in [1.29, 1.82) is 0 Å². The summed E-state index contributed by atoms with van der Waals surface area (Å²) < 4.78 is 10.9. The number of hydrogen-bond donors (Lipinski definition) is 2. The Kier molecular flexibility index (Phi) is 12.4. The summed E-state index contributed by atoms with van der Waals surface area (Å²) in [7, 11) is 0. The Morgan fingerprint density at radius 2 is 2.04 bits per heavy atom. The average molecular weight is 517 g/mol. The van der Waals surface area contributed by atoms with Gasteiger partial charge in [0, 0.05) is 37.6 Å². The SMILES string of the molecule is I.NC(=NCCCOc1ccc(Cl)cc1Cl)NCCCN1CCOCC1. The van der Waals surface area contributed by atoms with Gasteiger partial charge in [-0.25, -0.2) is 0 Å². The number of halogens is 3. The summed E-state index contributed by atoms with van der Waals surface area (Å²) in [6.07, 6.45) is 1.80. The molecule has 2 rings (SSSR count). The van der Waals surface area contributed by atoms with Crippen molar-refractivity contribution in [3.05, 3.63) is 28.2 Å². The molecule has 0 amide bonds. The van der Waals surface area contributed by atoms with Crippen molar-refractivity contribution >= 4 is 53.1 Å². The molecule has 26 heavy (non-hydrogen) atoms. The molecule has 1 aliphatic rings. The second-order valence-electron chi connectivity index (χ2n) is 5.78. The fourth-order valence-electron chi connectivity index (χ4n) is 2.44. The van der Waals surface area contributed by atoms with E-state index in [0.717, 1.165) is 52.2 Å². The molecule has 1 saturated heterocycles. The van der Waals surface area contributed by atoms with Crippen molar-refractivity contribution in [2.24, 2.45) is 10.7 Å². The van der Waals surface area contributed by atoms with Crippen molar-refractivity contribution in [2.45, 2.75) is 12.8 Å². The van der Waals surface area contributed by atoms with Crippen LogP contribution >= 0.6 is 47.2 Å². The van der Waals surface area contributed by atoms with Gasteiger partial charge in [0.15, 0.2) is 5.96 Å². The molecule has 1 aliphatic heterocycles. The number of nitrogens with two attached hydrogens (primary N) is 1. The number of aliphatic imine (C=N–C) groups is 1. The van der Waals surface area contributed by atoms with E-state index in [1.165, 1.54) is 0 Å². The Bertz CT molecular complexity index is 558. The number of benzene rings is 1. The van der Waals surface area contributed by atoms with E-state index in [1.54, 1.807) is 18.2 Å². The standard InChI is InChI=1S/C17H26Cl2N4O2.HI/c18-14-3-4-16(15(19)13-14)25-10-2-6-22-17(20)21-5-1-7-23-8-11-24-12-9-23;/h3-4,13H,1-2,5-12H2,(H3,20,21,22);1H. The third kappa shape index (κ3) is 9.45. The van der Waals surface area contributed by atoms with Crippen LogP contribution in [0.3, 0.4) is 0 Å². The fourth-order valence-corrected chi connectivity index (χ4v) is 2.90. The third-order valence-electron chi connectivity index (χ3n) is 3.80. The van der Waals surface area contributed by atoms with Crippen molar-refractivity contribution in [3.63, 3.8) is 0 Å². The highest BCUT2D eigenvalue weighted by Gasteiger charge is 2.09. The summed E-state index contributed by atoms with van der Waals surface area (Å²) in [5.41, 5.74) is 5.86. The van der Waals surface area contributed by atoms with Gasteiger partial charge in [0.05, 0.1) is 24.8 Å². The Morgan fingerprint density at radius 3 is 2.77 bits per heavy atom. The van der Waals surface area contributed by atoms with Crippen LogP contribution in [0, 0.1) is 0 Å². The van der Waals surface area contributed by atoms with Gasteiger partial charge in [-0.3, -0.25) is 9.89 Å². The summed E-state index contributed by atoms with van der Waals surface area (Å²) in [6.45, 7) is 6.70. The minimum atomic E-state index is 0. The zero-order valence-corrected chi connectivity index (χ0v) is 18.6. The van der Waals surface area contributed by atoms with Crippen LogP contribution in [0.2, 0.25) is 10.0 Å². The summed E-state index contributed by atoms with van der Waals surface area (Å²) >= 11 is 11.9. The second-order valence-corrected chi connectivity index (χ2v) is 6.62. The Labute approximate surface area is 182 Å². The van der Waals surface area contributed by atoms with Crippen molar-refractivity contribution in [1.82, 2.24) is 10.2 Å². The number of guanidine groups is 1. The highest BCUT2D eigenvalue weighted by Crippen LogP contribution is 2.27. The number of rotatable bonds is 9. The van der Waals surface area contributed by atoms with Gasteiger partial charge in [-0.2, -0.15) is 0 Å². The van der Waals surface area contributed by atoms with Gasteiger partial charge in [0.1, 0.15) is 5.75 Å². The molecule has 1 aromatic carbocycles. The summed E-state index contributed by atoms with van der Waals surface area (Å²) in [4.78, 5) is 6.69. The molecule has 0 aliphatic carbocycles. The lowest BCUT2D eigenvalue weighted by atomic mass is 10.3. The number of hydrogen-bond acceptors (Lipinski definition) is 4. The van der Waals surface area contributed by atoms with Gasteiger partial charge in [-0.15, -0.1) is 24.0 Å². The van der Waals surface area contributed by atoms with Crippen LogP contribution in [-0.4, -0.2) is 63.4 Å². The zero-order valence-electron chi connectivity index (χ0n) is 14.8. The van der Waals surface area contributed by atoms with Crippen LogP contribution in [0.25, 0.3) is 0 Å². The van der Waals surface area contributed by atoms with E-state index in [4.69, 9.17) is 38.4 Å². The minimum Gasteiger partial charge on any atom is -0.492 e.